The van der Waals surface area contributed by atoms with Crippen LogP contribution in [0, 0.1) is 13.8 Å². The van der Waals surface area contributed by atoms with Crippen LogP contribution in [0.3, 0.4) is 0 Å². The number of aromatic nitrogens is 3. The summed E-state index contributed by atoms with van der Waals surface area (Å²) in [5.74, 6) is 2.70. The first-order valence-electron chi connectivity index (χ1n) is 9.68. The van der Waals surface area contributed by atoms with Gasteiger partial charge in [0.1, 0.15) is 5.76 Å². The fourth-order valence-electron chi connectivity index (χ4n) is 3.26. The van der Waals surface area contributed by atoms with Crippen molar-refractivity contribution >= 4 is 17.4 Å². The highest BCUT2D eigenvalue weighted by Crippen LogP contribution is 2.39. The van der Waals surface area contributed by atoms with E-state index in [0.29, 0.717) is 22.5 Å². The molecule has 1 aliphatic rings. The number of benzene rings is 2. The number of ether oxygens (including phenoxy) is 1. The fourth-order valence-corrected chi connectivity index (χ4v) is 4.00. The van der Waals surface area contributed by atoms with Crippen molar-refractivity contribution in [3.05, 3.63) is 83.3 Å². The quantitative estimate of drug-likeness (QED) is 0.438. The first kappa shape index (κ1) is 18.7. The summed E-state index contributed by atoms with van der Waals surface area (Å²) in [5.41, 5.74) is 4.86. The van der Waals surface area contributed by atoms with Gasteiger partial charge < -0.3 is 14.5 Å². The van der Waals surface area contributed by atoms with Gasteiger partial charge >= 0.3 is 0 Å². The Hall–Kier alpha value is -3.32. The molecule has 150 valence electrons. The van der Waals surface area contributed by atoms with E-state index in [0.717, 1.165) is 22.8 Å². The maximum Gasteiger partial charge on any atom is 0.247 e. The summed E-state index contributed by atoms with van der Waals surface area (Å²) in [7, 11) is 0. The molecule has 0 fully saturated rings. The van der Waals surface area contributed by atoms with Crippen molar-refractivity contribution in [3.63, 3.8) is 0 Å². The van der Waals surface area contributed by atoms with Crippen LogP contribution in [0.25, 0.3) is 11.3 Å². The molecule has 0 saturated heterocycles. The summed E-state index contributed by atoms with van der Waals surface area (Å²) in [6, 6.07) is 20.2. The number of furan rings is 1. The second kappa shape index (κ2) is 7.84. The Kier molecular flexibility index (Phi) is 4.88. The second-order valence-electron chi connectivity index (χ2n) is 7.16. The van der Waals surface area contributed by atoms with Crippen molar-refractivity contribution in [1.29, 1.82) is 0 Å². The molecule has 0 amide bonds. The van der Waals surface area contributed by atoms with Crippen molar-refractivity contribution in [2.24, 2.45) is 0 Å². The van der Waals surface area contributed by atoms with Crippen LogP contribution in [0.4, 0.5) is 5.69 Å². The molecular formula is C23H20N4O2S. The van der Waals surface area contributed by atoms with Crippen LogP contribution >= 0.6 is 11.8 Å². The molecule has 2 aromatic carbocycles. The average molecular weight is 417 g/mol. The number of aryl methyl sites for hydroxylation is 2. The number of hydrogen-bond donors (Lipinski definition) is 1. The number of fused-ring (bicyclic) bond motifs is 3. The molecule has 6 nitrogen and oxygen atoms in total. The van der Waals surface area contributed by atoms with Gasteiger partial charge in [0.05, 0.1) is 0 Å². The summed E-state index contributed by atoms with van der Waals surface area (Å²) in [4.78, 5) is 4.67. The third-order valence-electron chi connectivity index (χ3n) is 4.84. The third-order valence-corrected chi connectivity index (χ3v) is 5.75. The summed E-state index contributed by atoms with van der Waals surface area (Å²) in [6.45, 7) is 3.99. The highest BCUT2D eigenvalue weighted by atomic mass is 32.2. The van der Waals surface area contributed by atoms with Crippen LogP contribution < -0.4 is 10.1 Å². The van der Waals surface area contributed by atoms with Crippen LogP contribution in [0.1, 0.15) is 28.9 Å². The Morgan fingerprint density at radius 1 is 0.967 bits per heavy atom. The van der Waals surface area contributed by atoms with Gasteiger partial charge in [0, 0.05) is 17.0 Å². The van der Waals surface area contributed by atoms with Crippen LogP contribution in [-0.2, 0) is 5.75 Å². The Bertz CT molecular complexity index is 1190. The van der Waals surface area contributed by atoms with Gasteiger partial charge in [-0.1, -0.05) is 59.8 Å². The predicted molar refractivity (Wildman–Crippen MR) is 116 cm³/mol. The van der Waals surface area contributed by atoms with Gasteiger partial charge in [-0.2, -0.15) is 4.98 Å². The highest BCUT2D eigenvalue weighted by molar-refractivity contribution is 7.98. The summed E-state index contributed by atoms with van der Waals surface area (Å²) in [6.07, 6.45) is -0.507. The lowest BCUT2D eigenvalue weighted by Crippen LogP contribution is -2.16. The molecule has 30 heavy (non-hydrogen) atoms. The van der Waals surface area contributed by atoms with Crippen LogP contribution in [0.15, 0.2) is 70.2 Å². The number of thioether (sulfide) groups is 1. The molecule has 5 rings (SSSR count). The van der Waals surface area contributed by atoms with Crippen LogP contribution in [-0.4, -0.2) is 15.2 Å². The standard InChI is InChI=1S/C23H20N4O2S/c1-14-7-10-16(11-8-14)13-30-23-25-22-20(26-27-23)17-5-3-4-6-18(17)24-21(29-22)19-12-9-15(2)28-19/h3-12,21,24H,13H2,1-2H3/t21-/m0/s1. The molecule has 0 bridgehead atoms. The SMILES string of the molecule is Cc1ccc(CSc2nnc3c(n2)O[C@@H](c2ccc(C)o2)Nc2ccccc2-3)cc1. The third kappa shape index (κ3) is 3.76. The molecule has 4 aromatic rings. The Morgan fingerprint density at radius 3 is 2.60 bits per heavy atom. The summed E-state index contributed by atoms with van der Waals surface area (Å²) in [5, 5.41) is 12.7. The van der Waals surface area contributed by atoms with E-state index in [1.807, 2.05) is 43.3 Å². The maximum atomic E-state index is 6.22. The lowest BCUT2D eigenvalue weighted by Gasteiger charge is -2.16. The van der Waals surface area contributed by atoms with E-state index in [2.05, 4.69) is 51.7 Å². The van der Waals surface area contributed by atoms with Gasteiger partial charge in [-0.25, -0.2) is 0 Å². The van der Waals surface area contributed by atoms with Gasteiger partial charge in [-0.3, -0.25) is 0 Å². The van der Waals surface area contributed by atoms with Crippen LogP contribution in [0.5, 0.6) is 5.88 Å². The van der Waals surface area contributed by atoms with Crippen molar-refractivity contribution in [2.45, 2.75) is 31.0 Å². The molecule has 0 aliphatic carbocycles. The number of anilines is 1. The van der Waals surface area contributed by atoms with E-state index in [1.165, 1.54) is 22.9 Å². The molecule has 0 saturated carbocycles. The normalized spacial score (nSPS) is 14.8. The summed E-state index contributed by atoms with van der Waals surface area (Å²) < 4.78 is 12.0. The molecular weight excluding hydrogens is 396 g/mol. The smallest absolute Gasteiger partial charge is 0.247 e. The molecule has 0 spiro atoms. The minimum absolute atomic E-state index is 0.438. The Balaban J connectivity index is 1.47. The van der Waals surface area contributed by atoms with E-state index in [9.17, 15) is 0 Å². The number of nitrogens with one attached hydrogen (secondary N) is 1. The monoisotopic (exact) mass is 416 g/mol. The molecule has 0 unspecified atom stereocenters. The molecule has 1 N–H and O–H groups in total. The fraction of sp³-hybridized carbons (Fsp3) is 0.174. The van der Waals surface area contributed by atoms with Gasteiger partial charge in [0.2, 0.25) is 17.3 Å². The van der Waals surface area contributed by atoms with Crippen molar-refractivity contribution in [3.8, 4) is 17.1 Å². The first-order valence-corrected chi connectivity index (χ1v) is 10.7. The zero-order valence-electron chi connectivity index (χ0n) is 16.6. The minimum atomic E-state index is -0.507. The van der Waals surface area contributed by atoms with E-state index in [4.69, 9.17) is 9.15 Å². The van der Waals surface area contributed by atoms with Crippen LogP contribution in [0.2, 0.25) is 0 Å². The van der Waals surface area contributed by atoms with Gasteiger partial charge in [-0.05, 0) is 37.6 Å². The largest absolute Gasteiger partial charge is 0.460 e. The predicted octanol–water partition coefficient (Wildman–Crippen LogP) is 5.54. The molecule has 7 heteroatoms. The molecule has 2 aromatic heterocycles. The first-order chi connectivity index (χ1) is 14.7. The minimum Gasteiger partial charge on any atom is -0.460 e. The Labute approximate surface area is 178 Å². The lowest BCUT2D eigenvalue weighted by atomic mass is 10.1. The number of hydrogen-bond acceptors (Lipinski definition) is 7. The van der Waals surface area contributed by atoms with E-state index in [-0.39, 0.29) is 0 Å². The highest BCUT2D eigenvalue weighted by Gasteiger charge is 2.27. The number of rotatable bonds is 4. The molecule has 1 aliphatic heterocycles. The number of para-hydroxylation sites is 1. The zero-order valence-corrected chi connectivity index (χ0v) is 17.4. The van der Waals surface area contributed by atoms with Crippen molar-refractivity contribution < 1.29 is 9.15 Å². The van der Waals surface area contributed by atoms with Crippen molar-refractivity contribution in [2.75, 3.05) is 5.32 Å². The average Bonchev–Trinajstić information content (AvgIpc) is 3.12. The lowest BCUT2D eigenvalue weighted by molar-refractivity contribution is 0.194. The van der Waals surface area contributed by atoms with Gasteiger partial charge in [0.25, 0.3) is 0 Å². The van der Waals surface area contributed by atoms with Gasteiger partial charge in [0.15, 0.2) is 11.5 Å². The molecule has 1 atom stereocenters. The van der Waals surface area contributed by atoms with Crippen molar-refractivity contribution in [1.82, 2.24) is 15.2 Å². The second-order valence-corrected chi connectivity index (χ2v) is 8.10. The van der Waals surface area contributed by atoms with E-state index >= 15 is 0 Å². The molecule has 0 radical (unpaired) electrons. The topological polar surface area (TPSA) is 73.1 Å². The number of nitrogens with zero attached hydrogens (tertiary/aromatic N) is 3. The van der Waals surface area contributed by atoms with E-state index in [1.54, 1.807) is 0 Å². The maximum absolute atomic E-state index is 6.22. The molecule has 3 heterocycles. The van der Waals surface area contributed by atoms with Gasteiger partial charge in [-0.15, -0.1) is 10.2 Å². The van der Waals surface area contributed by atoms with E-state index < -0.39 is 6.23 Å². The zero-order chi connectivity index (χ0) is 20.5. The summed E-state index contributed by atoms with van der Waals surface area (Å²) >= 11 is 1.53. The Morgan fingerprint density at radius 2 is 1.80 bits per heavy atom.